The number of para-hydroxylation sites is 2. The van der Waals surface area contributed by atoms with Crippen molar-refractivity contribution >= 4 is 47.9 Å². The summed E-state index contributed by atoms with van der Waals surface area (Å²) in [5, 5.41) is 0. The minimum absolute atomic E-state index is 0.00562. The van der Waals surface area contributed by atoms with Crippen LogP contribution in [0, 0.1) is 6.92 Å². The number of fused-ring (bicyclic) bond motifs is 2. The summed E-state index contributed by atoms with van der Waals surface area (Å²) in [5.74, 6) is -0.129. The molecule has 206 valence electrons. The van der Waals surface area contributed by atoms with Gasteiger partial charge in [-0.25, -0.2) is 26.8 Å². The van der Waals surface area contributed by atoms with Gasteiger partial charge in [-0.05, 0) is 55.8 Å². The molecule has 6 aromatic rings. The molecule has 2 aromatic heterocycles. The van der Waals surface area contributed by atoms with Gasteiger partial charge in [0.15, 0.2) is 5.65 Å². The largest absolute Gasteiger partial charge is 0.302 e. The van der Waals surface area contributed by atoms with Gasteiger partial charge in [-0.2, -0.15) is 0 Å². The number of hydrogen-bond acceptors (Lipinski definition) is 6. The zero-order chi connectivity index (χ0) is 28.8. The van der Waals surface area contributed by atoms with Crippen molar-refractivity contribution in [1.29, 1.82) is 0 Å². The van der Waals surface area contributed by atoms with E-state index in [0.717, 1.165) is 11.1 Å². The van der Waals surface area contributed by atoms with Crippen molar-refractivity contribution in [1.82, 2.24) is 14.5 Å². The van der Waals surface area contributed by atoms with Gasteiger partial charge in [-0.1, -0.05) is 78.4 Å². The highest BCUT2D eigenvalue weighted by Crippen LogP contribution is 2.41. The number of aryl methyl sites for hydroxylation is 1. The van der Waals surface area contributed by atoms with Gasteiger partial charge < -0.3 is 4.57 Å². The average Bonchev–Trinajstić information content (AvgIpc) is 3.29. The number of rotatable bonds is 7. The molecule has 0 bridgehead atoms. The van der Waals surface area contributed by atoms with Crippen molar-refractivity contribution in [2.24, 2.45) is 0 Å². The van der Waals surface area contributed by atoms with Gasteiger partial charge >= 0.3 is 0 Å². The highest BCUT2D eigenvalue weighted by molar-refractivity contribution is 7.93. The third-order valence-corrected chi connectivity index (χ3v) is 10.2. The Labute approximate surface area is 238 Å². The molecule has 0 amide bonds. The lowest BCUT2D eigenvalue weighted by Crippen LogP contribution is -2.20. The van der Waals surface area contributed by atoms with E-state index in [1.807, 2.05) is 50.2 Å². The summed E-state index contributed by atoms with van der Waals surface area (Å²) in [4.78, 5) is 9.34. The molecule has 0 saturated heterocycles. The fourth-order valence-electron chi connectivity index (χ4n) is 4.87. The van der Waals surface area contributed by atoms with Gasteiger partial charge in [0.05, 0.1) is 26.9 Å². The Kier molecular flexibility index (Phi) is 6.59. The maximum Gasteiger partial charge on any atom is 0.263 e. The smallest absolute Gasteiger partial charge is 0.263 e. The van der Waals surface area contributed by atoms with E-state index in [9.17, 15) is 16.8 Å². The first kappa shape index (κ1) is 26.7. The summed E-state index contributed by atoms with van der Waals surface area (Å²) in [6.45, 7) is 3.73. The van der Waals surface area contributed by atoms with Gasteiger partial charge in [0.1, 0.15) is 16.2 Å². The maximum atomic E-state index is 14.4. The molecule has 41 heavy (non-hydrogen) atoms. The van der Waals surface area contributed by atoms with Crippen molar-refractivity contribution in [3.05, 3.63) is 120 Å². The lowest BCUT2D eigenvalue weighted by atomic mass is 10.1. The van der Waals surface area contributed by atoms with Crippen LogP contribution in [0.5, 0.6) is 0 Å². The van der Waals surface area contributed by atoms with Gasteiger partial charge in [-0.15, -0.1) is 0 Å². The molecule has 1 atom stereocenters. The minimum Gasteiger partial charge on any atom is -0.302 e. The summed E-state index contributed by atoms with van der Waals surface area (Å²) in [5.41, 5.74) is 3.09. The maximum absolute atomic E-state index is 14.4. The molecule has 2 heterocycles. The number of nitrogens with zero attached hydrogens (tertiary/aromatic N) is 3. The molecule has 0 spiro atoms. The minimum atomic E-state index is -4.28. The van der Waals surface area contributed by atoms with Crippen LogP contribution in [0.3, 0.4) is 0 Å². The number of sulfone groups is 1. The van der Waals surface area contributed by atoms with Crippen molar-refractivity contribution in [3.8, 4) is 0 Å². The summed E-state index contributed by atoms with van der Waals surface area (Å²) < 4.78 is 60.5. The quantitative estimate of drug-likeness (QED) is 0.242. The number of hydrogen-bond donors (Lipinski definition) is 1. The predicted octanol–water partition coefficient (Wildman–Crippen LogP) is 6.14. The van der Waals surface area contributed by atoms with Crippen LogP contribution in [-0.2, 0) is 19.9 Å². The van der Waals surface area contributed by atoms with Crippen molar-refractivity contribution < 1.29 is 16.8 Å². The normalized spacial score (nSPS) is 12.9. The Hall–Kier alpha value is -4.54. The summed E-state index contributed by atoms with van der Waals surface area (Å²) in [6, 6.07) is 30.3. The first-order chi connectivity index (χ1) is 19.7. The second-order valence-electron chi connectivity index (χ2n) is 9.75. The van der Waals surface area contributed by atoms with Gasteiger partial charge in [-0.3, -0.25) is 4.72 Å². The van der Waals surface area contributed by atoms with Gasteiger partial charge in [0.2, 0.25) is 9.84 Å². The third-order valence-electron chi connectivity index (χ3n) is 7.01. The molecule has 0 aliphatic rings. The second-order valence-corrected chi connectivity index (χ2v) is 13.3. The van der Waals surface area contributed by atoms with E-state index in [0.29, 0.717) is 11.0 Å². The SMILES string of the molecule is Cc1ccc(S(=O)(=O)c2c(NS(=O)(=O)c3ccccc3)n(C(C)c3ccccc3)c3nc4ccccc4nc23)cc1. The van der Waals surface area contributed by atoms with E-state index in [1.54, 1.807) is 53.1 Å². The van der Waals surface area contributed by atoms with E-state index in [4.69, 9.17) is 9.97 Å². The fourth-order valence-corrected chi connectivity index (χ4v) is 7.55. The van der Waals surface area contributed by atoms with Crippen molar-refractivity contribution in [2.45, 2.75) is 34.6 Å². The van der Waals surface area contributed by atoms with Gasteiger partial charge in [0.25, 0.3) is 10.0 Å². The van der Waals surface area contributed by atoms with Crippen LogP contribution < -0.4 is 4.72 Å². The highest BCUT2D eigenvalue weighted by atomic mass is 32.2. The number of anilines is 1. The standard InChI is InChI=1S/C31H26N4O4S2/c1-21-17-19-24(20-18-21)40(36,37)29-28-30(33-27-16-10-9-15-26(27)32-28)35(22(2)23-11-5-3-6-12-23)31(29)34-41(38,39)25-13-7-4-8-14-25/h3-20,22,34H,1-2H3. The van der Waals surface area contributed by atoms with E-state index >= 15 is 0 Å². The third kappa shape index (κ3) is 4.75. The zero-order valence-electron chi connectivity index (χ0n) is 22.3. The number of nitrogens with one attached hydrogen (secondary N) is 1. The van der Waals surface area contributed by atoms with E-state index < -0.39 is 25.9 Å². The number of aromatic nitrogens is 3. The molecule has 8 nitrogen and oxygen atoms in total. The van der Waals surface area contributed by atoms with E-state index in [1.165, 1.54) is 24.3 Å². The van der Waals surface area contributed by atoms with E-state index in [-0.39, 0.29) is 31.7 Å². The molecule has 0 saturated carbocycles. The van der Waals surface area contributed by atoms with Crippen molar-refractivity contribution in [3.63, 3.8) is 0 Å². The Morgan fingerprint density at radius 2 is 1.24 bits per heavy atom. The highest BCUT2D eigenvalue weighted by Gasteiger charge is 2.35. The van der Waals surface area contributed by atoms with Crippen LogP contribution in [0.25, 0.3) is 22.2 Å². The molecule has 1 N–H and O–H groups in total. The fraction of sp³-hybridized carbons (Fsp3) is 0.0968. The summed E-state index contributed by atoms with van der Waals surface area (Å²) in [6.07, 6.45) is 0. The topological polar surface area (TPSA) is 111 Å². The number of benzene rings is 4. The molecular weight excluding hydrogens is 556 g/mol. The first-order valence-electron chi connectivity index (χ1n) is 12.9. The number of sulfonamides is 1. The van der Waals surface area contributed by atoms with Crippen LogP contribution >= 0.6 is 0 Å². The predicted molar refractivity (Wildman–Crippen MR) is 159 cm³/mol. The molecule has 6 rings (SSSR count). The Bertz CT molecular complexity index is 2110. The molecule has 0 fully saturated rings. The Morgan fingerprint density at radius 3 is 1.88 bits per heavy atom. The van der Waals surface area contributed by atoms with Gasteiger partial charge in [0, 0.05) is 0 Å². The first-order valence-corrected chi connectivity index (χ1v) is 15.9. The van der Waals surface area contributed by atoms with Crippen molar-refractivity contribution in [2.75, 3.05) is 4.72 Å². The molecule has 4 aromatic carbocycles. The Morgan fingerprint density at radius 1 is 0.683 bits per heavy atom. The molecule has 1 unspecified atom stereocenters. The molecule has 0 aliphatic carbocycles. The summed E-state index contributed by atoms with van der Waals surface area (Å²) in [7, 11) is -8.49. The monoisotopic (exact) mass is 582 g/mol. The van der Waals surface area contributed by atoms with E-state index in [2.05, 4.69) is 4.72 Å². The zero-order valence-corrected chi connectivity index (χ0v) is 23.9. The van der Waals surface area contributed by atoms with Crippen LogP contribution in [0.4, 0.5) is 5.82 Å². The lowest BCUT2D eigenvalue weighted by molar-refractivity contribution is 0.595. The Balaban J connectivity index is 1.74. The van der Waals surface area contributed by atoms with Crippen LogP contribution in [-0.4, -0.2) is 31.4 Å². The molecule has 10 heteroatoms. The lowest BCUT2D eigenvalue weighted by Gasteiger charge is -2.20. The molecule has 0 aliphatic heterocycles. The molecule has 0 radical (unpaired) electrons. The van der Waals surface area contributed by atoms with Crippen LogP contribution in [0.2, 0.25) is 0 Å². The molecular formula is C31H26N4O4S2. The average molecular weight is 583 g/mol. The van der Waals surface area contributed by atoms with Crippen LogP contribution in [0.15, 0.2) is 124 Å². The van der Waals surface area contributed by atoms with Crippen LogP contribution in [0.1, 0.15) is 24.1 Å². The second kappa shape index (κ2) is 10.1. The summed E-state index contributed by atoms with van der Waals surface area (Å²) >= 11 is 0.